The van der Waals surface area contributed by atoms with Crippen LogP contribution in [0.25, 0.3) is 11.3 Å². The van der Waals surface area contributed by atoms with Crippen LogP contribution in [-0.2, 0) is 4.74 Å². The van der Waals surface area contributed by atoms with Crippen LogP contribution in [0.15, 0.2) is 36.5 Å². The fourth-order valence-electron chi connectivity index (χ4n) is 5.12. The van der Waals surface area contributed by atoms with Gasteiger partial charge in [-0.15, -0.1) is 0 Å². The number of carbonyl (C=O) groups is 2. The quantitative estimate of drug-likeness (QED) is 0.425. The Morgan fingerprint density at radius 3 is 2.67 bits per heavy atom. The van der Waals surface area contributed by atoms with E-state index in [1.165, 1.54) is 18.3 Å². The normalized spacial score (nSPS) is 18.1. The van der Waals surface area contributed by atoms with E-state index in [9.17, 15) is 9.59 Å². The third-order valence-corrected chi connectivity index (χ3v) is 7.31. The molecule has 2 aliphatic heterocycles. The molecule has 0 aliphatic carbocycles. The lowest BCUT2D eigenvalue weighted by Gasteiger charge is -2.35. The zero-order valence-corrected chi connectivity index (χ0v) is 24.5. The molecule has 1 aromatic carbocycles. The van der Waals surface area contributed by atoms with Crippen LogP contribution in [0.3, 0.4) is 0 Å². The number of halogens is 1. The molecule has 12 heteroatoms. The lowest BCUT2D eigenvalue weighted by molar-refractivity contribution is 0.0540. The molecule has 1 unspecified atom stereocenters. The van der Waals surface area contributed by atoms with Crippen molar-refractivity contribution in [3.05, 3.63) is 53.6 Å². The van der Waals surface area contributed by atoms with Gasteiger partial charge in [0.25, 0.3) is 5.91 Å². The van der Waals surface area contributed by atoms with E-state index in [1.54, 1.807) is 23.1 Å². The van der Waals surface area contributed by atoms with E-state index < -0.39 is 17.4 Å². The van der Waals surface area contributed by atoms with E-state index in [-0.39, 0.29) is 34.8 Å². The van der Waals surface area contributed by atoms with Crippen LogP contribution in [0.4, 0.5) is 26.5 Å². The third kappa shape index (κ3) is 6.13. The van der Waals surface area contributed by atoms with Crippen molar-refractivity contribution in [1.29, 1.82) is 0 Å². The Morgan fingerprint density at radius 1 is 1.17 bits per heavy atom. The third-order valence-electron chi connectivity index (χ3n) is 7.31. The molecule has 0 saturated carbocycles. The Kier molecular flexibility index (Phi) is 8.26. The van der Waals surface area contributed by atoms with Gasteiger partial charge in [-0.25, -0.2) is 14.2 Å². The number of morpholine rings is 1. The monoisotopic (exact) mass is 577 g/mol. The van der Waals surface area contributed by atoms with Crippen molar-refractivity contribution < 1.29 is 23.5 Å². The molecule has 1 fully saturated rings. The number of amides is 3. The molecule has 11 nitrogen and oxygen atoms in total. The summed E-state index contributed by atoms with van der Waals surface area (Å²) in [5, 5.41) is 5.16. The van der Waals surface area contributed by atoms with Crippen LogP contribution >= 0.6 is 0 Å². The zero-order valence-electron chi connectivity index (χ0n) is 24.5. The average molecular weight is 578 g/mol. The van der Waals surface area contributed by atoms with Crippen molar-refractivity contribution in [2.45, 2.75) is 52.7 Å². The number of carbonyl (C=O) groups excluding carboxylic acids is 2. The van der Waals surface area contributed by atoms with Gasteiger partial charge < -0.3 is 29.9 Å². The highest BCUT2D eigenvalue weighted by Crippen LogP contribution is 2.37. The molecule has 5 rings (SSSR count). The first kappa shape index (κ1) is 29.2. The molecule has 3 aromatic rings. The summed E-state index contributed by atoms with van der Waals surface area (Å²) < 4.78 is 27.5. The van der Waals surface area contributed by atoms with Crippen LogP contribution in [0.2, 0.25) is 0 Å². The van der Waals surface area contributed by atoms with Crippen molar-refractivity contribution in [3.8, 4) is 17.1 Å². The Balaban J connectivity index is 1.54. The summed E-state index contributed by atoms with van der Waals surface area (Å²) in [6, 6.07) is 7.20. The molecular weight excluding hydrogens is 541 g/mol. The smallest absolute Gasteiger partial charge is 0.323 e. The number of ether oxygens (including phenoxy) is 2. The van der Waals surface area contributed by atoms with Crippen molar-refractivity contribution in [2.75, 3.05) is 48.4 Å². The number of aromatic nitrogens is 3. The predicted octanol–water partition coefficient (Wildman–Crippen LogP) is 4.88. The van der Waals surface area contributed by atoms with Gasteiger partial charge in [0.15, 0.2) is 0 Å². The SMILES string of the molecule is CCC1COCCN1c1nc2c(c(-c3ccc(NC(=O)Nc4ccc(C)nc4)c(F)c3)n1)C(=O)N(CC)CC(C)(C)O2. The first-order chi connectivity index (χ1) is 20.1. The van der Waals surface area contributed by atoms with Gasteiger partial charge in [-0.3, -0.25) is 9.78 Å². The molecule has 2 aromatic heterocycles. The first-order valence-electron chi connectivity index (χ1n) is 14.1. The number of likely N-dealkylation sites (N-methyl/N-ethyl adjacent to an activating group) is 1. The Morgan fingerprint density at radius 2 is 1.98 bits per heavy atom. The van der Waals surface area contributed by atoms with Gasteiger partial charge in [0.05, 0.1) is 49.1 Å². The van der Waals surface area contributed by atoms with Crippen LogP contribution in [0.1, 0.15) is 50.2 Å². The highest BCUT2D eigenvalue weighted by atomic mass is 19.1. The molecule has 42 heavy (non-hydrogen) atoms. The maximum absolute atomic E-state index is 15.5. The summed E-state index contributed by atoms with van der Waals surface area (Å²) in [6.45, 7) is 12.0. The van der Waals surface area contributed by atoms with E-state index in [0.29, 0.717) is 50.0 Å². The maximum atomic E-state index is 15.5. The predicted molar refractivity (Wildman–Crippen MR) is 158 cm³/mol. The highest BCUT2D eigenvalue weighted by molar-refractivity contribution is 6.03. The second-order valence-electron chi connectivity index (χ2n) is 11.0. The molecule has 2 N–H and O–H groups in total. The fourth-order valence-corrected chi connectivity index (χ4v) is 5.12. The maximum Gasteiger partial charge on any atom is 0.323 e. The Labute approximate surface area is 244 Å². The van der Waals surface area contributed by atoms with Crippen molar-refractivity contribution in [3.63, 3.8) is 0 Å². The summed E-state index contributed by atoms with van der Waals surface area (Å²) in [5.74, 6) is -0.425. The van der Waals surface area contributed by atoms with E-state index in [2.05, 4.69) is 22.5 Å². The first-order valence-corrected chi connectivity index (χ1v) is 14.1. The molecule has 3 amide bonds. The molecule has 0 spiro atoms. The molecule has 1 saturated heterocycles. The van der Waals surface area contributed by atoms with Gasteiger partial charge in [-0.05, 0) is 58.4 Å². The zero-order chi connectivity index (χ0) is 30.0. The summed E-state index contributed by atoms with van der Waals surface area (Å²) in [4.78, 5) is 43.8. The van der Waals surface area contributed by atoms with Gasteiger partial charge in [-0.2, -0.15) is 4.98 Å². The van der Waals surface area contributed by atoms with Crippen LogP contribution in [0.5, 0.6) is 5.88 Å². The number of aryl methyl sites for hydroxylation is 1. The topological polar surface area (TPSA) is 122 Å². The van der Waals surface area contributed by atoms with Crippen molar-refractivity contribution in [1.82, 2.24) is 19.9 Å². The number of hydrogen-bond donors (Lipinski definition) is 2. The van der Waals surface area contributed by atoms with Gasteiger partial charge >= 0.3 is 6.03 Å². The highest BCUT2D eigenvalue weighted by Gasteiger charge is 2.38. The van der Waals surface area contributed by atoms with Crippen LogP contribution in [0, 0.1) is 12.7 Å². The lowest BCUT2D eigenvalue weighted by Crippen LogP contribution is -2.46. The molecule has 0 radical (unpaired) electrons. The minimum atomic E-state index is -0.714. The largest absolute Gasteiger partial charge is 0.469 e. The molecule has 222 valence electrons. The van der Waals surface area contributed by atoms with Crippen LogP contribution < -0.4 is 20.3 Å². The Bertz CT molecular complexity index is 1480. The van der Waals surface area contributed by atoms with Gasteiger partial charge in [0, 0.05) is 24.3 Å². The summed E-state index contributed by atoms with van der Waals surface area (Å²) in [6.07, 6.45) is 2.32. The van der Waals surface area contributed by atoms with E-state index in [1.807, 2.05) is 32.6 Å². The molecule has 1 atom stereocenters. The van der Waals surface area contributed by atoms with Crippen molar-refractivity contribution >= 4 is 29.3 Å². The summed E-state index contributed by atoms with van der Waals surface area (Å²) >= 11 is 0. The molecule has 0 bridgehead atoms. The number of fused-ring (bicyclic) bond motifs is 1. The minimum Gasteiger partial charge on any atom is -0.469 e. The minimum absolute atomic E-state index is 0.0326. The average Bonchev–Trinajstić information content (AvgIpc) is 3.07. The number of hydrogen-bond acceptors (Lipinski definition) is 8. The summed E-state index contributed by atoms with van der Waals surface area (Å²) in [7, 11) is 0. The van der Waals surface area contributed by atoms with Gasteiger partial charge in [0.1, 0.15) is 17.0 Å². The standard InChI is InChI=1S/C30H36FN7O4/c1-6-21-16-41-13-12-38(21)28-35-25(24-26(36-28)42-30(4,5)17-37(7-2)27(24)39)19-9-11-23(22(31)14-19)34-29(40)33-20-10-8-18(3)32-15-20/h8-11,14-15,21H,6-7,12-13,16-17H2,1-5H3,(H2,33,34,40). The molecule has 4 heterocycles. The summed E-state index contributed by atoms with van der Waals surface area (Å²) in [5.41, 5.74) is 1.33. The van der Waals surface area contributed by atoms with E-state index in [0.717, 1.165) is 12.1 Å². The number of pyridine rings is 1. The second-order valence-corrected chi connectivity index (χ2v) is 11.0. The number of nitrogens with one attached hydrogen (secondary N) is 2. The second kappa shape index (κ2) is 11.9. The Hall–Kier alpha value is -4.32. The fraction of sp³-hybridized carbons (Fsp3) is 0.433. The van der Waals surface area contributed by atoms with Gasteiger partial charge in [-0.1, -0.05) is 13.0 Å². The lowest BCUT2D eigenvalue weighted by atomic mass is 10.0. The molecule has 2 aliphatic rings. The van der Waals surface area contributed by atoms with Crippen molar-refractivity contribution in [2.24, 2.45) is 0 Å². The van der Waals surface area contributed by atoms with E-state index >= 15 is 4.39 Å². The van der Waals surface area contributed by atoms with Gasteiger partial charge in [0.2, 0.25) is 11.8 Å². The van der Waals surface area contributed by atoms with E-state index in [4.69, 9.17) is 19.4 Å². The number of anilines is 3. The number of benzene rings is 1. The molecular formula is C30H36FN7O4. The van der Waals surface area contributed by atoms with Crippen LogP contribution in [-0.4, -0.2) is 76.3 Å². The number of nitrogens with zero attached hydrogens (tertiary/aromatic N) is 5. The number of rotatable bonds is 6. The number of urea groups is 1.